The molecule has 2 N–H and O–H groups in total. The van der Waals surface area contributed by atoms with Crippen LogP contribution in [0.1, 0.15) is 11.6 Å². The molecule has 1 aliphatic rings. The molecule has 17 heavy (non-hydrogen) atoms. The number of nitrogens with zero attached hydrogens (tertiary/aromatic N) is 1. The quantitative estimate of drug-likeness (QED) is 0.786. The van der Waals surface area contributed by atoms with Gasteiger partial charge in [0.2, 0.25) is 5.91 Å². The van der Waals surface area contributed by atoms with Crippen molar-refractivity contribution in [1.29, 1.82) is 0 Å². The van der Waals surface area contributed by atoms with E-state index in [1.807, 2.05) is 30.3 Å². The summed E-state index contributed by atoms with van der Waals surface area (Å²) in [6.07, 6.45) is 0. The van der Waals surface area contributed by atoms with Crippen molar-refractivity contribution in [1.82, 2.24) is 10.2 Å². The number of aliphatic carboxylic acids is 1. The lowest BCUT2D eigenvalue weighted by Gasteiger charge is -2.33. The second-order valence-electron chi connectivity index (χ2n) is 3.97. The molecule has 0 saturated carbocycles. The zero-order valence-electron chi connectivity index (χ0n) is 9.30. The van der Waals surface area contributed by atoms with Gasteiger partial charge in [0.05, 0.1) is 6.54 Å². The van der Waals surface area contributed by atoms with Gasteiger partial charge in [-0.2, -0.15) is 0 Å². The Kier molecular flexibility index (Phi) is 3.39. The first kappa shape index (κ1) is 11.6. The van der Waals surface area contributed by atoms with Gasteiger partial charge in [-0.3, -0.25) is 14.5 Å². The monoisotopic (exact) mass is 234 g/mol. The van der Waals surface area contributed by atoms with Crippen molar-refractivity contribution in [2.75, 3.05) is 19.6 Å². The predicted molar refractivity (Wildman–Crippen MR) is 61.4 cm³/mol. The molecule has 5 heteroatoms. The number of hydrogen-bond acceptors (Lipinski definition) is 3. The average Bonchev–Trinajstić information content (AvgIpc) is 2.29. The van der Waals surface area contributed by atoms with Crippen LogP contribution >= 0.6 is 0 Å². The van der Waals surface area contributed by atoms with Crippen molar-refractivity contribution in [3.05, 3.63) is 35.9 Å². The number of hydrogen-bond donors (Lipinski definition) is 2. The third-order valence-electron chi connectivity index (χ3n) is 2.77. The molecule has 1 amide bonds. The first-order valence-corrected chi connectivity index (χ1v) is 5.47. The molecule has 0 spiro atoms. The SMILES string of the molecule is O=C(O)CN1CCNC(=O)C1c1ccccc1. The molecule has 1 aromatic carbocycles. The van der Waals surface area contributed by atoms with Crippen LogP contribution in [-0.4, -0.2) is 41.5 Å². The highest BCUT2D eigenvalue weighted by molar-refractivity contribution is 5.84. The molecule has 1 unspecified atom stereocenters. The van der Waals surface area contributed by atoms with Crippen LogP contribution in [0.5, 0.6) is 0 Å². The Hall–Kier alpha value is -1.88. The first-order valence-electron chi connectivity index (χ1n) is 5.47. The van der Waals surface area contributed by atoms with Crippen molar-refractivity contribution < 1.29 is 14.7 Å². The van der Waals surface area contributed by atoms with Gasteiger partial charge in [-0.1, -0.05) is 30.3 Å². The number of carbonyl (C=O) groups is 2. The summed E-state index contributed by atoms with van der Waals surface area (Å²) < 4.78 is 0. The van der Waals surface area contributed by atoms with Gasteiger partial charge in [-0.05, 0) is 5.56 Å². The molecule has 2 rings (SSSR count). The van der Waals surface area contributed by atoms with E-state index in [4.69, 9.17) is 5.11 Å². The smallest absolute Gasteiger partial charge is 0.317 e. The number of carbonyl (C=O) groups excluding carboxylic acids is 1. The fourth-order valence-corrected chi connectivity index (χ4v) is 2.06. The number of piperazine rings is 1. The highest BCUT2D eigenvalue weighted by Crippen LogP contribution is 2.22. The standard InChI is InChI=1S/C12H14N2O3/c15-10(16)8-14-7-6-13-12(17)11(14)9-4-2-1-3-5-9/h1-5,11H,6-8H2,(H,13,17)(H,15,16). The molecule has 1 fully saturated rings. The molecule has 5 nitrogen and oxygen atoms in total. The summed E-state index contributed by atoms with van der Waals surface area (Å²) in [5.41, 5.74) is 0.825. The van der Waals surface area contributed by atoms with Gasteiger partial charge in [0, 0.05) is 13.1 Å². The third-order valence-corrected chi connectivity index (χ3v) is 2.77. The van der Waals surface area contributed by atoms with E-state index in [1.54, 1.807) is 4.90 Å². The number of carboxylic acids is 1. The molecule has 0 bridgehead atoms. The van der Waals surface area contributed by atoms with Gasteiger partial charge in [0.1, 0.15) is 6.04 Å². The second kappa shape index (κ2) is 4.97. The second-order valence-corrected chi connectivity index (χ2v) is 3.97. The third kappa shape index (κ3) is 2.62. The van der Waals surface area contributed by atoms with Gasteiger partial charge < -0.3 is 10.4 Å². The topological polar surface area (TPSA) is 69.6 Å². The number of benzene rings is 1. The lowest BCUT2D eigenvalue weighted by atomic mass is 10.0. The minimum atomic E-state index is -0.916. The van der Waals surface area contributed by atoms with Crippen molar-refractivity contribution in [3.63, 3.8) is 0 Å². The summed E-state index contributed by atoms with van der Waals surface area (Å²) in [6, 6.07) is 8.73. The Bertz CT molecular complexity index is 419. The largest absolute Gasteiger partial charge is 0.480 e. The fourth-order valence-electron chi connectivity index (χ4n) is 2.06. The van der Waals surface area contributed by atoms with E-state index in [9.17, 15) is 9.59 Å². The lowest BCUT2D eigenvalue weighted by molar-refractivity contribution is -0.141. The summed E-state index contributed by atoms with van der Waals surface area (Å²) in [5.74, 6) is -1.05. The van der Waals surface area contributed by atoms with E-state index < -0.39 is 12.0 Å². The number of carboxylic acid groups (broad SMARTS) is 1. The number of nitrogens with one attached hydrogen (secondary N) is 1. The Labute approximate surface area is 99.0 Å². The Balaban J connectivity index is 2.25. The molecule has 0 aliphatic carbocycles. The number of rotatable bonds is 3. The van der Waals surface area contributed by atoms with Crippen LogP contribution in [0.15, 0.2) is 30.3 Å². The van der Waals surface area contributed by atoms with Crippen molar-refractivity contribution in [2.24, 2.45) is 0 Å². The van der Waals surface area contributed by atoms with E-state index in [0.29, 0.717) is 13.1 Å². The molecule has 1 aliphatic heterocycles. The summed E-state index contributed by atoms with van der Waals surface area (Å²) in [4.78, 5) is 24.3. The molecule has 1 saturated heterocycles. The zero-order valence-corrected chi connectivity index (χ0v) is 9.30. The van der Waals surface area contributed by atoms with E-state index in [-0.39, 0.29) is 12.5 Å². The van der Waals surface area contributed by atoms with Crippen LogP contribution in [0, 0.1) is 0 Å². The van der Waals surface area contributed by atoms with Crippen LogP contribution in [-0.2, 0) is 9.59 Å². The normalized spacial score (nSPS) is 20.9. The van der Waals surface area contributed by atoms with Gasteiger partial charge >= 0.3 is 5.97 Å². The van der Waals surface area contributed by atoms with Gasteiger partial charge in [0.25, 0.3) is 0 Å². The molecule has 0 aromatic heterocycles. The minimum Gasteiger partial charge on any atom is -0.480 e. The van der Waals surface area contributed by atoms with Crippen LogP contribution in [0.25, 0.3) is 0 Å². The highest BCUT2D eigenvalue weighted by atomic mass is 16.4. The van der Waals surface area contributed by atoms with Gasteiger partial charge in [-0.25, -0.2) is 0 Å². The summed E-state index contributed by atoms with van der Waals surface area (Å²) >= 11 is 0. The van der Waals surface area contributed by atoms with Crippen molar-refractivity contribution >= 4 is 11.9 Å². The molecular weight excluding hydrogens is 220 g/mol. The Morgan fingerprint density at radius 1 is 1.41 bits per heavy atom. The van der Waals surface area contributed by atoms with Crippen molar-refractivity contribution in [2.45, 2.75) is 6.04 Å². The van der Waals surface area contributed by atoms with E-state index in [0.717, 1.165) is 5.56 Å². The van der Waals surface area contributed by atoms with Crippen LogP contribution in [0.2, 0.25) is 0 Å². The van der Waals surface area contributed by atoms with Gasteiger partial charge in [0.15, 0.2) is 0 Å². The average molecular weight is 234 g/mol. The Morgan fingerprint density at radius 2 is 2.12 bits per heavy atom. The maximum absolute atomic E-state index is 11.8. The van der Waals surface area contributed by atoms with Crippen LogP contribution in [0.3, 0.4) is 0 Å². The lowest BCUT2D eigenvalue weighted by Crippen LogP contribution is -2.51. The maximum Gasteiger partial charge on any atom is 0.317 e. The zero-order chi connectivity index (χ0) is 12.3. The summed E-state index contributed by atoms with van der Waals surface area (Å²) in [6.45, 7) is 0.931. The van der Waals surface area contributed by atoms with E-state index in [1.165, 1.54) is 0 Å². The Morgan fingerprint density at radius 3 is 2.76 bits per heavy atom. The molecule has 1 atom stereocenters. The molecule has 0 radical (unpaired) electrons. The molecule has 1 aromatic rings. The van der Waals surface area contributed by atoms with E-state index in [2.05, 4.69) is 5.32 Å². The predicted octanol–water partition coefficient (Wildman–Crippen LogP) is 0.244. The molecule has 90 valence electrons. The van der Waals surface area contributed by atoms with Crippen LogP contribution in [0.4, 0.5) is 0 Å². The summed E-state index contributed by atoms with van der Waals surface area (Å²) in [7, 11) is 0. The summed E-state index contributed by atoms with van der Waals surface area (Å²) in [5, 5.41) is 11.6. The maximum atomic E-state index is 11.8. The highest BCUT2D eigenvalue weighted by Gasteiger charge is 2.31. The van der Waals surface area contributed by atoms with Gasteiger partial charge in [-0.15, -0.1) is 0 Å². The first-order chi connectivity index (χ1) is 8.18. The van der Waals surface area contributed by atoms with Crippen LogP contribution < -0.4 is 5.32 Å². The van der Waals surface area contributed by atoms with Crippen molar-refractivity contribution in [3.8, 4) is 0 Å². The number of amides is 1. The minimum absolute atomic E-state index is 0.118. The molecule has 1 heterocycles. The van der Waals surface area contributed by atoms with E-state index >= 15 is 0 Å². The fraction of sp³-hybridized carbons (Fsp3) is 0.333. The molecular formula is C12H14N2O3.